The zero-order valence-corrected chi connectivity index (χ0v) is 19.7. The first-order valence-corrected chi connectivity index (χ1v) is 10.9. The average Bonchev–Trinajstić information content (AvgIpc) is 3.08. The molecule has 0 unspecified atom stereocenters. The van der Waals surface area contributed by atoms with Gasteiger partial charge in [0, 0.05) is 25.8 Å². The fraction of sp³-hybridized carbons (Fsp3) is 0.696. The minimum Gasteiger partial charge on any atom is -0.478 e. The SMILES string of the molecule is CCN(C(=O)OC(C)(C)C)[C@H]1CCN(c2ncc(C(C)C)c(C(C)C)c2C(=O)O)C1. The number of carboxylic acids is 1. The summed E-state index contributed by atoms with van der Waals surface area (Å²) in [5.74, 6) is -0.191. The Morgan fingerprint density at radius 1 is 1.27 bits per heavy atom. The first-order chi connectivity index (χ1) is 13.9. The number of anilines is 1. The van der Waals surface area contributed by atoms with Crippen LogP contribution in [0.3, 0.4) is 0 Å². The quantitative estimate of drug-likeness (QED) is 0.709. The molecule has 1 aromatic heterocycles. The molecule has 0 aromatic carbocycles. The molecule has 2 heterocycles. The molecular formula is C23H37N3O4. The van der Waals surface area contributed by atoms with Gasteiger partial charge < -0.3 is 19.6 Å². The van der Waals surface area contributed by atoms with Crippen LogP contribution in [0.1, 0.15) is 95.1 Å². The number of amides is 1. The minimum absolute atomic E-state index is 0.0411. The third-order valence-corrected chi connectivity index (χ3v) is 5.42. The topological polar surface area (TPSA) is 83.0 Å². The van der Waals surface area contributed by atoms with Gasteiger partial charge in [-0.2, -0.15) is 0 Å². The summed E-state index contributed by atoms with van der Waals surface area (Å²) >= 11 is 0. The van der Waals surface area contributed by atoms with Gasteiger partial charge in [0.05, 0.1) is 6.04 Å². The maximum atomic E-state index is 12.6. The molecule has 0 aliphatic carbocycles. The Morgan fingerprint density at radius 3 is 2.37 bits per heavy atom. The van der Waals surface area contributed by atoms with Crippen LogP contribution in [-0.4, -0.2) is 58.3 Å². The normalized spacial score (nSPS) is 17.0. The van der Waals surface area contributed by atoms with Gasteiger partial charge in [0.1, 0.15) is 17.0 Å². The van der Waals surface area contributed by atoms with Crippen molar-refractivity contribution in [3.63, 3.8) is 0 Å². The van der Waals surface area contributed by atoms with Crippen molar-refractivity contribution in [3.05, 3.63) is 22.9 Å². The number of pyridine rings is 1. The van der Waals surface area contributed by atoms with Crippen molar-refractivity contribution in [2.24, 2.45) is 0 Å². The van der Waals surface area contributed by atoms with Crippen LogP contribution in [0.5, 0.6) is 0 Å². The Labute approximate surface area is 180 Å². The largest absolute Gasteiger partial charge is 0.478 e. The highest BCUT2D eigenvalue weighted by molar-refractivity contribution is 5.96. The second-order valence-corrected chi connectivity index (χ2v) is 9.60. The van der Waals surface area contributed by atoms with Gasteiger partial charge in [0.25, 0.3) is 0 Å². The summed E-state index contributed by atoms with van der Waals surface area (Å²) in [6.45, 7) is 17.4. The first-order valence-electron chi connectivity index (χ1n) is 10.9. The lowest BCUT2D eigenvalue weighted by Crippen LogP contribution is -2.44. The van der Waals surface area contributed by atoms with Crippen molar-refractivity contribution >= 4 is 17.9 Å². The molecule has 7 heteroatoms. The minimum atomic E-state index is -0.952. The van der Waals surface area contributed by atoms with Crippen molar-refractivity contribution in [3.8, 4) is 0 Å². The molecule has 2 rings (SSSR count). The lowest BCUT2D eigenvalue weighted by atomic mass is 9.88. The van der Waals surface area contributed by atoms with Gasteiger partial charge >= 0.3 is 12.1 Å². The van der Waals surface area contributed by atoms with Crippen LogP contribution in [0.15, 0.2) is 6.20 Å². The lowest BCUT2D eigenvalue weighted by molar-refractivity contribution is 0.0190. The monoisotopic (exact) mass is 419 g/mol. The van der Waals surface area contributed by atoms with Gasteiger partial charge in [0.15, 0.2) is 0 Å². The summed E-state index contributed by atoms with van der Waals surface area (Å²) in [6.07, 6.45) is 2.23. The molecule has 168 valence electrons. The van der Waals surface area contributed by atoms with Crippen LogP contribution in [0.4, 0.5) is 10.6 Å². The number of aromatic carboxylic acids is 1. The van der Waals surface area contributed by atoms with E-state index in [-0.39, 0.29) is 29.5 Å². The zero-order valence-electron chi connectivity index (χ0n) is 19.7. The molecule has 1 saturated heterocycles. The van der Waals surface area contributed by atoms with Crippen LogP contribution < -0.4 is 4.90 Å². The Morgan fingerprint density at radius 2 is 1.90 bits per heavy atom. The molecule has 7 nitrogen and oxygen atoms in total. The molecular weight excluding hydrogens is 382 g/mol. The summed E-state index contributed by atoms with van der Waals surface area (Å²) in [7, 11) is 0. The van der Waals surface area contributed by atoms with Crippen molar-refractivity contribution in [1.29, 1.82) is 0 Å². The Bertz CT molecular complexity index is 783. The number of rotatable bonds is 6. The molecule has 1 N–H and O–H groups in total. The molecule has 0 bridgehead atoms. The molecule has 0 saturated carbocycles. The molecule has 1 fully saturated rings. The molecule has 0 spiro atoms. The molecule has 1 amide bonds. The number of hydrogen-bond donors (Lipinski definition) is 1. The fourth-order valence-corrected chi connectivity index (χ4v) is 4.11. The highest BCUT2D eigenvalue weighted by Crippen LogP contribution is 2.35. The number of ether oxygens (including phenoxy) is 1. The molecule has 30 heavy (non-hydrogen) atoms. The second kappa shape index (κ2) is 9.23. The van der Waals surface area contributed by atoms with Crippen LogP contribution >= 0.6 is 0 Å². The molecule has 1 aliphatic heterocycles. The van der Waals surface area contributed by atoms with Crippen molar-refractivity contribution in [1.82, 2.24) is 9.88 Å². The van der Waals surface area contributed by atoms with Gasteiger partial charge in [-0.05, 0) is 57.1 Å². The maximum absolute atomic E-state index is 12.6. The van der Waals surface area contributed by atoms with Crippen molar-refractivity contribution in [2.45, 2.75) is 85.3 Å². The molecule has 1 aliphatic rings. The second-order valence-electron chi connectivity index (χ2n) is 9.60. The van der Waals surface area contributed by atoms with Crippen LogP contribution in [0, 0.1) is 0 Å². The smallest absolute Gasteiger partial charge is 0.410 e. The third kappa shape index (κ3) is 5.24. The number of carbonyl (C=O) groups is 2. The number of aromatic nitrogens is 1. The number of likely N-dealkylation sites (N-methyl/N-ethyl adjacent to an activating group) is 1. The summed E-state index contributed by atoms with van der Waals surface area (Å²) < 4.78 is 5.56. The van der Waals surface area contributed by atoms with Crippen molar-refractivity contribution < 1.29 is 19.4 Å². The van der Waals surface area contributed by atoms with E-state index in [1.54, 1.807) is 4.90 Å². The van der Waals surface area contributed by atoms with E-state index >= 15 is 0 Å². The number of nitrogens with zero attached hydrogens (tertiary/aromatic N) is 3. The molecule has 0 radical (unpaired) electrons. The summed E-state index contributed by atoms with van der Waals surface area (Å²) in [5.41, 5.74) is 1.56. The standard InChI is InChI=1S/C23H37N3O4/c1-9-26(22(29)30-23(6,7)8)16-10-11-25(13-16)20-19(21(27)28)18(15(4)5)17(12-24-20)14(2)3/h12,14-16H,9-11,13H2,1-8H3,(H,27,28)/t16-/m0/s1. The first kappa shape index (κ1) is 24.0. The van der Waals surface area contributed by atoms with E-state index in [4.69, 9.17) is 4.74 Å². The van der Waals surface area contributed by atoms with Gasteiger partial charge in [0.2, 0.25) is 0 Å². The van der Waals surface area contributed by atoms with E-state index in [9.17, 15) is 14.7 Å². The third-order valence-electron chi connectivity index (χ3n) is 5.42. The van der Waals surface area contributed by atoms with Gasteiger partial charge in [-0.3, -0.25) is 0 Å². The Balaban J connectivity index is 2.36. The van der Waals surface area contributed by atoms with Crippen LogP contribution in [0.25, 0.3) is 0 Å². The number of carbonyl (C=O) groups excluding carboxylic acids is 1. The van der Waals surface area contributed by atoms with Crippen LogP contribution in [0.2, 0.25) is 0 Å². The number of hydrogen-bond acceptors (Lipinski definition) is 5. The highest BCUT2D eigenvalue weighted by atomic mass is 16.6. The van der Waals surface area contributed by atoms with E-state index in [1.807, 2.05) is 52.6 Å². The van der Waals surface area contributed by atoms with E-state index in [2.05, 4.69) is 18.8 Å². The maximum Gasteiger partial charge on any atom is 0.410 e. The number of carboxylic acid groups (broad SMARTS) is 1. The van der Waals surface area contributed by atoms with Gasteiger partial charge in [-0.15, -0.1) is 0 Å². The molecule has 1 aromatic rings. The average molecular weight is 420 g/mol. The van der Waals surface area contributed by atoms with Gasteiger partial charge in [-0.25, -0.2) is 14.6 Å². The zero-order chi connectivity index (χ0) is 22.8. The summed E-state index contributed by atoms with van der Waals surface area (Å²) in [5, 5.41) is 10.0. The van der Waals surface area contributed by atoms with Crippen LogP contribution in [-0.2, 0) is 4.74 Å². The van der Waals surface area contributed by atoms with E-state index in [0.29, 0.717) is 25.5 Å². The summed E-state index contributed by atoms with van der Waals surface area (Å²) in [4.78, 5) is 33.2. The Hall–Kier alpha value is -2.31. The molecule has 1 atom stereocenters. The highest BCUT2D eigenvalue weighted by Gasteiger charge is 2.35. The van der Waals surface area contributed by atoms with E-state index in [1.165, 1.54) is 0 Å². The Kier molecular flexibility index (Phi) is 7.37. The van der Waals surface area contributed by atoms with E-state index in [0.717, 1.165) is 17.5 Å². The predicted molar refractivity (Wildman–Crippen MR) is 119 cm³/mol. The lowest BCUT2D eigenvalue weighted by Gasteiger charge is -2.31. The predicted octanol–water partition coefficient (Wildman–Crippen LogP) is 4.86. The summed E-state index contributed by atoms with van der Waals surface area (Å²) in [6, 6.07) is -0.0411. The van der Waals surface area contributed by atoms with E-state index < -0.39 is 11.6 Å². The van der Waals surface area contributed by atoms with Crippen molar-refractivity contribution in [2.75, 3.05) is 24.5 Å². The fourth-order valence-electron chi connectivity index (χ4n) is 4.11. The van der Waals surface area contributed by atoms with Gasteiger partial charge in [-0.1, -0.05) is 27.7 Å².